The molecule has 1 aromatic carbocycles. The predicted octanol–water partition coefficient (Wildman–Crippen LogP) is 4.40. The Labute approximate surface area is 98.8 Å². The Morgan fingerprint density at radius 1 is 1.13 bits per heavy atom. The summed E-state index contributed by atoms with van der Waals surface area (Å²) in [5, 5.41) is 2.08. The zero-order valence-corrected chi connectivity index (χ0v) is 10.7. The van der Waals surface area contributed by atoms with E-state index in [1.54, 1.807) is 11.3 Å². The molecule has 15 heavy (non-hydrogen) atoms. The van der Waals surface area contributed by atoms with Crippen LogP contribution in [0.5, 0.6) is 0 Å². The lowest BCUT2D eigenvalue weighted by atomic mass is 9.97. The molecule has 2 aromatic rings. The molecule has 0 aliphatic carbocycles. The standard InChI is InChI=1S/C12H13NS2/c1-7-4-5-10(9(3)8(7)2)11-6-15-12(14)13-11/h4-6H,1-3H3,(H,13,14). The van der Waals surface area contributed by atoms with Crippen LogP contribution < -0.4 is 0 Å². The van der Waals surface area contributed by atoms with Gasteiger partial charge in [-0.3, -0.25) is 0 Å². The van der Waals surface area contributed by atoms with Gasteiger partial charge in [0.15, 0.2) is 3.95 Å². The maximum absolute atomic E-state index is 5.10. The Kier molecular flexibility index (Phi) is 2.76. The van der Waals surface area contributed by atoms with E-state index in [1.165, 1.54) is 22.3 Å². The first-order valence-corrected chi connectivity index (χ1v) is 6.13. The number of nitrogens with one attached hydrogen (secondary N) is 1. The van der Waals surface area contributed by atoms with Crippen molar-refractivity contribution in [1.29, 1.82) is 0 Å². The molecule has 0 spiro atoms. The maximum Gasteiger partial charge on any atom is 0.158 e. The highest BCUT2D eigenvalue weighted by atomic mass is 32.1. The Morgan fingerprint density at radius 3 is 2.47 bits per heavy atom. The van der Waals surface area contributed by atoms with Crippen molar-refractivity contribution < 1.29 is 0 Å². The summed E-state index contributed by atoms with van der Waals surface area (Å²) in [7, 11) is 0. The number of hydrogen-bond acceptors (Lipinski definition) is 2. The van der Waals surface area contributed by atoms with Crippen LogP contribution >= 0.6 is 23.6 Å². The molecule has 78 valence electrons. The van der Waals surface area contributed by atoms with E-state index in [0.29, 0.717) is 0 Å². The third-order valence-electron chi connectivity index (χ3n) is 2.87. The topological polar surface area (TPSA) is 15.8 Å². The van der Waals surface area contributed by atoms with Crippen molar-refractivity contribution in [3.8, 4) is 11.3 Å². The number of H-pyrrole nitrogens is 1. The monoisotopic (exact) mass is 235 g/mol. The van der Waals surface area contributed by atoms with E-state index in [-0.39, 0.29) is 0 Å². The normalized spacial score (nSPS) is 10.6. The average molecular weight is 235 g/mol. The molecule has 0 aliphatic heterocycles. The summed E-state index contributed by atoms with van der Waals surface area (Å²) in [6.07, 6.45) is 0. The van der Waals surface area contributed by atoms with Crippen LogP contribution in [0.25, 0.3) is 11.3 Å². The van der Waals surface area contributed by atoms with Gasteiger partial charge in [0.05, 0.1) is 5.69 Å². The number of aryl methyl sites for hydroxylation is 1. The van der Waals surface area contributed by atoms with Gasteiger partial charge in [-0.05, 0) is 49.7 Å². The molecule has 0 atom stereocenters. The molecule has 3 heteroatoms. The van der Waals surface area contributed by atoms with E-state index in [1.807, 2.05) is 0 Å². The summed E-state index contributed by atoms with van der Waals surface area (Å²) < 4.78 is 0.836. The second kappa shape index (κ2) is 3.91. The van der Waals surface area contributed by atoms with Crippen molar-refractivity contribution in [2.24, 2.45) is 0 Å². The van der Waals surface area contributed by atoms with Gasteiger partial charge < -0.3 is 4.98 Å². The fraction of sp³-hybridized carbons (Fsp3) is 0.250. The van der Waals surface area contributed by atoms with E-state index < -0.39 is 0 Å². The summed E-state index contributed by atoms with van der Waals surface area (Å²) >= 11 is 6.67. The molecule has 1 heterocycles. The quantitative estimate of drug-likeness (QED) is 0.724. The molecule has 0 bridgehead atoms. The lowest BCUT2D eigenvalue weighted by Gasteiger charge is -2.09. The minimum atomic E-state index is 0.836. The minimum Gasteiger partial charge on any atom is -0.337 e. The molecule has 1 aromatic heterocycles. The van der Waals surface area contributed by atoms with Gasteiger partial charge >= 0.3 is 0 Å². The van der Waals surface area contributed by atoms with Crippen molar-refractivity contribution >= 4 is 23.6 Å². The Bertz CT molecular complexity index is 549. The van der Waals surface area contributed by atoms with Crippen LogP contribution in [0, 0.1) is 24.7 Å². The van der Waals surface area contributed by atoms with Crippen LogP contribution in [0.1, 0.15) is 16.7 Å². The molecule has 1 nitrogen and oxygen atoms in total. The lowest BCUT2D eigenvalue weighted by molar-refractivity contribution is 1.25. The van der Waals surface area contributed by atoms with E-state index in [2.05, 4.69) is 43.3 Å². The predicted molar refractivity (Wildman–Crippen MR) is 69.2 cm³/mol. The largest absolute Gasteiger partial charge is 0.337 e. The molecule has 0 unspecified atom stereocenters. The maximum atomic E-state index is 5.10. The number of rotatable bonds is 1. The van der Waals surface area contributed by atoms with Crippen molar-refractivity contribution in [3.05, 3.63) is 38.2 Å². The summed E-state index contributed by atoms with van der Waals surface area (Å²) in [4.78, 5) is 3.21. The van der Waals surface area contributed by atoms with Gasteiger partial charge in [0.25, 0.3) is 0 Å². The van der Waals surface area contributed by atoms with Gasteiger partial charge in [-0.2, -0.15) is 0 Å². The van der Waals surface area contributed by atoms with Crippen molar-refractivity contribution in [2.45, 2.75) is 20.8 Å². The van der Waals surface area contributed by atoms with Crippen molar-refractivity contribution in [2.75, 3.05) is 0 Å². The van der Waals surface area contributed by atoms with Crippen molar-refractivity contribution in [3.63, 3.8) is 0 Å². The van der Waals surface area contributed by atoms with E-state index in [4.69, 9.17) is 12.2 Å². The zero-order chi connectivity index (χ0) is 11.0. The fourth-order valence-corrected chi connectivity index (χ4v) is 2.49. The summed E-state index contributed by atoms with van der Waals surface area (Å²) in [6, 6.07) is 4.32. The smallest absolute Gasteiger partial charge is 0.158 e. The zero-order valence-electron chi connectivity index (χ0n) is 9.05. The van der Waals surface area contributed by atoms with Gasteiger partial charge in [0.2, 0.25) is 0 Å². The second-order valence-electron chi connectivity index (χ2n) is 3.74. The van der Waals surface area contributed by atoms with Crippen LogP contribution in [-0.2, 0) is 0 Å². The van der Waals surface area contributed by atoms with Gasteiger partial charge in [-0.15, -0.1) is 11.3 Å². The Morgan fingerprint density at radius 2 is 1.87 bits per heavy atom. The SMILES string of the molecule is Cc1ccc(-c2csc(=S)[nH]2)c(C)c1C. The van der Waals surface area contributed by atoms with Crippen LogP contribution in [0.4, 0.5) is 0 Å². The molecule has 0 saturated carbocycles. The van der Waals surface area contributed by atoms with Crippen LogP contribution in [0.3, 0.4) is 0 Å². The summed E-state index contributed by atoms with van der Waals surface area (Å²) in [5.41, 5.74) is 6.41. The highest BCUT2D eigenvalue weighted by Gasteiger charge is 2.06. The van der Waals surface area contributed by atoms with E-state index >= 15 is 0 Å². The number of aromatic amines is 1. The van der Waals surface area contributed by atoms with Gasteiger partial charge in [0, 0.05) is 10.9 Å². The molecule has 1 N–H and O–H groups in total. The number of benzene rings is 1. The average Bonchev–Trinajstić information content (AvgIpc) is 2.61. The third kappa shape index (κ3) is 1.90. The van der Waals surface area contributed by atoms with E-state index in [9.17, 15) is 0 Å². The molecular formula is C12H13NS2. The molecule has 0 fully saturated rings. The number of hydrogen-bond donors (Lipinski definition) is 1. The third-order valence-corrected chi connectivity index (χ3v) is 3.93. The van der Waals surface area contributed by atoms with Gasteiger partial charge in [-0.25, -0.2) is 0 Å². The summed E-state index contributed by atoms with van der Waals surface area (Å²) in [5.74, 6) is 0. The highest BCUT2D eigenvalue weighted by Crippen LogP contribution is 2.27. The molecule has 0 radical (unpaired) electrons. The Balaban J connectivity index is 2.64. The molecule has 2 rings (SSSR count). The molecule has 0 aliphatic rings. The first kappa shape index (κ1) is 10.6. The number of thiazole rings is 1. The first-order valence-electron chi connectivity index (χ1n) is 4.84. The highest BCUT2D eigenvalue weighted by molar-refractivity contribution is 7.73. The van der Waals surface area contributed by atoms with Crippen LogP contribution in [0.15, 0.2) is 17.5 Å². The molecule has 0 amide bonds. The fourth-order valence-electron chi connectivity index (χ4n) is 1.66. The molecular weight excluding hydrogens is 222 g/mol. The minimum absolute atomic E-state index is 0.836. The second-order valence-corrected chi connectivity index (χ2v) is 5.29. The van der Waals surface area contributed by atoms with E-state index in [0.717, 1.165) is 9.65 Å². The Hall–Kier alpha value is -0.930. The number of aromatic nitrogens is 1. The van der Waals surface area contributed by atoms with Gasteiger partial charge in [-0.1, -0.05) is 12.1 Å². The lowest BCUT2D eigenvalue weighted by Crippen LogP contribution is -1.90. The van der Waals surface area contributed by atoms with Gasteiger partial charge in [0.1, 0.15) is 0 Å². The summed E-state index contributed by atoms with van der Waals surface area (Å²) in [6.45, 7) is 6.46. The van der Waals surface area contributed by atoms with Crippen molar-refractivity contribution in [1.82, 2.24) is 4.98 Å². The first-order chi connectivity index (χ1) is 7.09. The molecule has 0 saturated heterocycles. The van der Waals surface area contributed by atoms with Crippen LogP contribution in [0.2, 0.25) is 0 Å². The van der Waals surface area contributed by atoms with Crippen LogP contribution in [-0.4, -0.2) is 4.98 Å².